The number of nitriles is 1. The van der Waals surface area contributed by atoms with Crippen LogP contribution < -0.4 is 11.2 Å². The molecule has 2 heterocycles. The lowest BCUT2D eigenvalue weighted by atomic mass is 10.1. The quantitative estimate of drug-likeness (QED) is 0.710. The Labute approximate surface area is 136 Å². The zero-order valence-electron chi connectivity index (χ0n) is 12.5. The van der Waals surface area contributed by atoms with Gasteiger partial charge in [-0.25, -0.2) is 4.79 Å². The summed E-state index contributed by atoms with van der Waals surface area (Å²) in [6.45, 7) is -0.380. The molecule has 1 saturated heterocycles. The number of nitrogens with zero attached hydrogens (tertiary/aromatic N) is 2. The maximum absolute atomic E-state index is 12.3. The number of aliphatic hydroxyl groups is 2. The number of aromatic nitrogens is 2. The van der Waals surface area contributed by atoms with E-state index in [4.69, 9.17) is 10.00 Å². The second-order valence-electron chi connectivity index (χ2n) is 5.50. The van der Waals surface area contributed by atoms with Crippen molar-refractivity contribution in [3.8, 4) is 17.3 Å². The largest absolute Gasteiger partial charge is 0.394 e. The number of hydrogen-bond acceptors (Lipinski definition) is 6. The van der Waals surface area contributed by atoms with Crippen molar-refractivity contribution in [3.05, 3.63) is 56.7 Å². The maximum atomic E-state index is 12.3. The Balaban J connectivity index is 2.15. The molecule has 0 spiro atoms. The summed E-state index contributed by atoms with van der Waals surface area (Å²) in [5.41, 5.74) is -0.103. The molecule has 3 rings (SSSR count). The lowest BCUT2D eigenvalue weighted by Crippen LogP contribution is -2.33. The molecule has 1 aromatic heterocycles. The van der Waals surface area contributed by atoms with Crippen LogP contribution in [-0.2, 0) is 4.74 Å². The van der Waals surface area contributed by atoms with Crippen LogP contribution in [0.2, 0.25) is 0 Å². The van der Waals surface area contributed by atoms with Crippen molar-refractivity contribution in [2.24, 2.45) is 0 Å². The standard InChI is InChI=1S/C16H15N3O5/c17-7-9-2-1-3-10(4-9)11-5-14(22)18-16(23)19(11)15-6-12(21)13(8-20)24-15/h1-5,12-13,15,20-21H,6,8H2,(H,18,22,23)/t12-,13+,15+/m0/s1. The second-order valence-corrected chi connectivity index (χ2v) is 5.50. The smallest absolute Gasteiger partial charge is 0.330 e. The highest BCUT2D eigenvalue weighted by molar-refractivity contribution is 5.61. The average Bonchev–Trinajstić information content (AvgIpc) is 2.94. The van der Waals surface area contributed by atoms with Gasteiger partial charge >= 0.3 is 5.69 Å². The molecule has 0 bridgehead atoms. The number of ether oxygens (including phenoxy) is 1. The van der Waals surface area contributed by atoms with Gasteiger partial charge in [0.2, 0.25) is 0 Å². The molecule has 0 radical (unpaired) electrons. The Morgan fingerprint density at radius 3 is 2.83 bits per heavy atom. The van der Waals surface area contributed by atoms with E-state index >= 15 is 0 Å². The lowest BCUT2D eigenvalue weighted by molar-refractivity contribution is -0.0453. The van der Waals surface area contributed by atoms with Gasteiger partial charge in [-0.3, -0.25) is 14.3 Å². The summed E-state index contributed by atoms with van der Waals surface area (Å²) in [7, 11) is 0. The number of H-pyrrole nitrogens is 1. The van der Waals surface area contributed by atoms with E-state index in [1.807, 2.05) is 6.07 Å². The number of benzene rings is 1. The number of aromatic amines is 1. The molecule has 3 N–H and O–H groups in total. The number of nitrogens with one attached hydrogen (secondary N) is 1. The molecule has 1 aliphatic rings. The minimum absolute atomic E-state index is 0.0993. The first-order valence-electron chi connectivity index (χ1n) is 7.34. The molecule has 8 heteroatoms. The van der Waals surface area contributed by atoms with Crippen LogP contribution in [0.25, 0.3) is 11.3 Å². The van der Waals surface area contributed by atoms with Gasteiger partial charge in [0.15, 0.2) is 0 Å². The van der Waals surface area contributed by atoms with Crippen LogP contribution >= 0.6 is 0 Å². The van der Waals surface area contributed by atoms with E-state index in [9.17, 15) is 19.8 Å². The Bertz CT molecular complexity index is 911. The molecule has 0 unspecified atom stereocenters. The summed E-state index contributed by atoms with van der Waals surface area (Å²) in [6.07, 6.45) is -2.45. The number of aliphatic hydroxyl groups excluding tert-OH is 2. The number of hydrogen-bond donors (Lipinski definition) is 3. The lowest BCUT2D eigenvalue weighted by Gasteiger charge is -2.18. The van der Waals surface area contributed by atoms with Gasteiger partial charge in [-0.1, -0.05) is 12.1 Å². The third-order valence-electron chi connectivity index (χ3n) is 3.94. The molecule has 1 aromatic carbocycles. The molecule has 1 fully saturated rings. The van der Waals surface area contributed by atoms with Crippen LogP contribution in [0.5, 0.6) is 0 Å². The molecule has 3 atom stereocenters. The van der Waals surface area contributed by atoms with Gasteiger partial charge in [0, 0.05) is 12.5 Å². The van der Waals surface area contributed by atoms with Crippen LogP contribution in [0.3, 0.4) is 0 Å². The van der Waals surface area contributed by atoms with E-state index in [0.717, 1.165) is 0 Å². The van der Waals surface area contributed by atoms with Gasteiger partial charge in [0.25, 0.3) is 5.56 Å². The molecular weight excluding hydrogens is 314 g/mol. The molecule has 24 heavy (non-hydrogen) atoms. The minimum Gasteiger partial charge on any atom is -0.394 e. The van der Waals surface area contributed by atoms with Crippen LogP contribution in [0.1, 0.15) is 18.2 Å². The fraction of sp³-hybridized carbons (Fsp3) is 0.312. The fourth-order valence-corrected chi connectivity index (χ4v) is 2.80. The van der Waals surface area contributed by atoms with Gasteiger partial charge in [-0.2, -0.15) is 5.26 Å². The SMILES string of the molecule is N#Cc1cccc(-c2cc(=O)[nH]c(=O)n2[C@H]2C[C@H](O)[C@@H](CO)O2)c1. The van der Waals surface area contributed by atoms with Gasteiger partial charge in [0.05, 0.1) is 30.0 Å². The zero-order valence-corrected chi connectivity index (χ0v) is 12.5. The van der Waals surface area contributed by atoms with E-state index in [2.05, 4.69) is 4.98 Å². The highest BCUT2D eigenvalue weighted by atomic mass is 16.5. The van der Waals surface area contributed by atoms with E-state index in [-0.39, 0.29) is 18.7 Å². The van der Waals surface area contributed by atoms with Crippen LogP contribution in [-0.4, -0.2) is 38.6 Å². The predicted molar refractivity (Wildman–Crippen MR) is 83.1 cm³/mol. The molecule has 124 valence electrons. The van der Waals surface area contributed by atoms with Crippen molar-refractivity contribution in [3.63, 3.8) is 0 Å². The first-order valence-corrected chi connectivity index (χ1v) is 7.34. The van der Waals surface area contributed by atoms with Crippen molar-refractivity contribution < 1.29 is 14.9 Å². The summed E-state index contributed by atoms with van der Waals surface area (Å²) in [5, 5.41) is 28.1. The molecule has 0 aliphatic carbocycles. The Hall–Kier alpha value is -2.73. The van der Waals surface area contributed by atoms with Crippen LogP contribution in [0.4, 0.5) is 0 Å². The first kappa shape index (κ1) is 16.1. The van der Waals surface area contributed by atoms with Crippen molar-refractivity contribution in [2.75, 3.05) is 6.61 Å². The van der Waals surface area contributed by atoms with Gasteiger partial charge in [-0.05, 0) is 17.7 Å². The highest BCUT2D eigenvalue weighted by Gasteiger charge is 2.36. The maximum Gasteiger partial charge on any atom is 0.330 e. The topological polar surface area (TPSA) is 128 Å². The van der Waals surface area contributed by atoms with Gasteiger partial charge in [0.1, 0.15) is 12.3 Å². The van der Waals surface area contributed by atoms with Gasteiger partial charge in [-0.15, -0.1) is 0 Å². The molecule has 1 aliphatic heterocycles. The minimum atomic E-state index is -0.919. The third-order valence-corrected chi connectivity index (χ3v) is 3.94. The van der Waals surface area contributed by atoms with Crippen LogP contribution in [0.15, 0.2) is 39.9 Å². The second kappa shape index (κ2) is 6.41. The predicted octanol–water partition coefficient (Wildman–Crippen LogP) is -0.284. The molecule has 0 saturated carbocycles. The van der Waals surface area contributed by atoms with Crippen molar-refractivity contribution in [1.82, 2.24) is 9.55 Å². The average molecular weight is 329 g/mol. The molecule has 0 amide bonds. The van der Waals surface area contributed by atoms with E-state index in [1.54, 1.807) is 24.3 Å². The van der Waals surface area contributed by atoms with Crippen molar-refractivity contribution in [2.45, 2.75) is 24.9 Å². The Kier molecular flexibility index (Phi) is 4.31. The highest BCUT2D eigenvalue weighted by Crippen LogP contribution is 2.30. The van der Waals surface area contributed by atoms with E-state index < -0.39 is 29.7 Å². The molecule has 2 aromatic rings. The molecular formula is C16H15N3O5. The van der Waals surface area contributed by atoms with E-state index in [1.165, 1.54) is 10.6 Å². The number of rotatable bonds is 3. The van der Waals surface area contributed by atoms with E-state index in [0.29, 0.717) is 11.1 Å². The van der Waals surface area contributed by atoms with Crippen LogP contribution in [0, 0.1) is 11.3 Å². The fourth-order valence-electron chi connectivity index (χ4n) is 2.80. The summed E-state index contributed by atoms with van der Waals surface area (Å²) in [5.74, 6) is 0. The summed E-state index contributed by atoms with van der Waals surface area (Å²) >= 11 is 0. The summed E-state index contributed by atoms with van der Waals surface area (Å²) < 4.78 is 6.74. The Morgan fingerprint density at radius 1 is 1.38 bits per heavy atom. The van der Waals surface area contributed by atoms with Crippen molar-refractivity contribution in [1.29, 1.82) is 5.26 Å². The summed E-state index contributed by atoms with van der Waals surface area (Å²) in [6, 6.07) is 9.71. The zero-order chi connectivity index (χ0) is 17.3. The summed E-state index contributed by atoms with van der Waals surface area (Å²) in [4.78, 5) is 26.2. The Morgan fingerprint density at radius 2 is 2.17 bits per heavy atom. The van der Waals surface area contributed by atoms with Crippen molar-refractivity contribution >= 4 is 0 Å². The monoisotopic (exact) mass is 329 g/mol. The first-order chi connectivity index (χ1) is 11.5. The normalized spacial score (nSPS) is 23.1. The van der Waals surface area contributed by atoms with Gasteiger partial charge < -0.3 is 14.9 Å². The molecule has 8 nitrogen and oxygen atoms in total. The third kappa shape index (κ3) is 2.88.